The van der Waals surface area contributed by atoms with Gasteiger partial charge < -0.3 is 15.0 Å². The molecule has 1 unspecified atom stereocenters. The van der Waals surface area contributed by atoms with E-state index in [-0.39, 0.29) is 0 Å². The van der Waals surface area contributed by atoms with E-state index in [1.54, 1.807) is 0 Å². The molecule has 2 aliphatic heterocycles. The van der Waals surface area contributed by atoms with E-state index in [9.17, 15) is 0 Å². The van der Waals surface area contributed by atoms with Gasteiger partial charge in [0.25, 0.3) is 0 Å². The summed E-state index contributed by atoms with van der Waals surface area (Å²) in [7, 11) is 0. The standard InChI is InChI=1S/C14H28N2O/c1-12(9-16-7-5-15-6-8-16)14(10-17-11-14)13(2,3)4/h12,15H,5-11H2,1-4H3. The van der Waals surface area contributed by atoms with E-state index in [2.05, 4.69) is 37.9 Å². The van der Waals surface area contributed by atoms with Gasteiger partial charge in [-0.15, -0.1) is 0 Å². The van der Waals surface area contributed by atoms with Gasteiger partial charge in [-0.05, 0) is 11.3 Å². The molecule has 0 aromatic carbocycles. The third-order valence-corrected chi connectivity index (χ3v) is 4.90. The predicted octanol–water partition coefficient (Wildman–Crippen LogP) is 1.59. The SMILES string of the molecule is CC(CN1CCNCC1)C1(C(C)(C)C)COC1. The van der Waals surface area contributed by atoms with Crippen LogP contribution in [0.2, 0.25) is 0 Å². The molecule has 1 atom stereocenters. The van der Waals surface area contributed by atoms with Gasteiger partial charge in [-0.25, -0.2) is 0 Å². The molecule has 2 rings (SSSR count). The molecule has 3 nitrogen and oxygen atoms in total. The van der Waals surface area contributed by atoms with Crippen LogP contribution >= 0.6 is 0 Å². The van der Waals surface area contributed by atoms with E-state index in [0.717, 1.165) is 26.3 Å². The summed E-state index contributed by atoms with van der Waals surface area (Å²) in [6.45, 7) is 17.3. The van der Waals surface area contributed by atoms with Gasteiger partial charge in [-0.2, -0.15) is 0 Å². The van der Waals surface area contributed by atoms with Crippen LogP contribution in [0.15, 0.2) is 0 Å². The van der Waals surface area contributed by atoms with Gasteiger partial charge in [0.2, 0.25) is 0 Å². The Balaban J connectivity index is 1.95. The molecule has 1 N–H and O–H groups in total. The first kappa shape index (κ1) is 13.3. The van der Waals surface area contributed by atoms with Gasteiger partial charge in [0, 0.05) is 38.1 Å². The maximum absolute atomic E-state index is 5.54. The zero-order valence-electron chi connectivity index (χ0n) is 11.9. The van der Waals surface area contributed by atoms with Crippen LogP contribution in [0.25, 0.3) is 0 Å². The van der Waals surface area contributed by atoms with Crippen molar-refractivity contribution >= 4 is 0 Å². The van der Waals surface area contributed by atoms with E-state index >= 15 is 0 Å². The van der Waals surface area contributed by atoms with Crippen molar-refractivity contribution in [1.82, 2.24) is 10.2 Å². The molecule has 2 heterocycles. The van der Waals surface area contributed by atoms with Crippen molar-refractivity contribution in [3.8, 4) is 0 Å². The summed E-state index contributed by atoms with van der Waals surface area (Å²) in [5, 5.41) is 3.42. The third-order valence-electron chi connectivity index (χ3n) is 4.90. The molecule has 0 aromatic rings. The summed E-state index contributed by atoms with van der Waals surface area (Å²) >= 11 is 0. The van der Waals surface area contributed by atoms with Crippen molar-refractivity contribution in [1.29, 1.82) is 0 Å². The van der Waals surface area contributed by atoms with Crippen molar-refractivity contribution in [3.05, 3.63) is 0 Å². The number of nitrogens with zero attached hydrogens (tertiary/aromatic N) is 1. The highest BCUT2D eigenvalue weighted by Crippen LogP contribution is 2.50. The van der Waals surface area contributed by atoms with Crippen molar-refractivity contribution in [3.63, 3.8) is 0 Å². The van der Waals surface area contributed by atoms with Gasteiger partial charge in [0.1, 0.15) is 0 Å². The minimum Gasteiger partial charge on any atom is -0.380 e. The van der Waals surface area contributed by atoms with Crippen LogP contribution in [0, 0.1) is 16.7 Å². The molecule has 0 saturated carbocycles. The first-order valence-corrected chi connectivity index (χ1v) is 6.96. The molecule has 100 valence electrons. The van der Waals surface area contributed by atoms with E-state index < -0.39 is 0 Å². The van der Waals surface area contributed by atoms with Crippen LogP contribution in [0.1, 0.15) is 27.7 Å². The topological polar surface area (TPSA) is 24.5 Å². The molecule has 0 radical (unpaired) electrons. The third kappa shape index (κ3) is 2.51. The maximum atomic E-state index is 5.54. The van der Waals surface area contributed by atoms with E-state index in [4.69, 9.17) is 4.74 Å². The van der Waals surface area contributed by atoms with E-state index in [0.29, 0.717) is 16.7 Å². The normalized spacial score (nSPS) is 27.5. The van der Waals surface area contributed by atoms with Crippen LogP contribution in [-0.2, 0) is 4.74 Å². The number of ether oxygens (including phenoxy) is 1. The first-order chi connectivity index (χ1) is 7.96. The lowest BCUT2D eigenvalue weighted by atomic mass is 9.58. The molecule has 0 amide bonds. The number of piperazine rings is 1. The zero-order valence-corrected chi connectivity index (χ0v) is 11.9. The summed E-state index contributed by atoms with van der Waals surface area (Å²) in [4.78, 5) is 2.60. The summed E-state index contributed by atoms with van der Waals surface area (Å²) in [6, 6.07) is 0. The molecule has 2 aliphatic rings. The van der Waals surface area contributed by atoms with Crippen LogP contribution in [0.5, 0.6) is 0 Å². The van der Waals surface area contributed by atoms with Gasteiger partial charge in [-0.1, -0.05) is 27.7 Å². The summed E-state index contributed by atoms with van der Waals surface area (Å²) in [5.74, 6) is 0.717. The molecule has 2 fully saturated rings. The minimum atomic E-state index is 0.346. The van der Waals surface area contributed by atoms with Gasteiger partial charge >= 0.3 is 0 Å². The fourth-order valence-corrected chi connectivity index (χ4v) is 3.23. The number of nitrogens with one attached hydrogen (secondary N) is 1. The highest BCUT2D eigenvalue weighted by atomic mass is 16.5. The molecular weight excluding hydrogens is 212 g/mol. The van der Waals surface area contributed by atoms with Gasteiger partial charge in [-0.3, -0.25) is 0 Å². The fraction of sp³-hybridized carbons (Fsp3) is 1.00. The molecular formula is C14H28N2O. The number of rotatable bonds is 3. The van der Waals surface area contributed by atoms with Crippen molar-refractivity contribution in [2.45, 2.75) is 27.7 Å². The van der Waals surface area contributed by atoms with Crippen molar-refractivity contribution in [2.75, 3.05) is 45.9 Å². The Morgan fingerprint density at radius 3 is 2.24 bits per heavy atom. The Morgan fingerprint density at radius 2 is 1.82 bits per heavy atom. The number of hydrogen-bond donors (Lipinski definition) is 1. The van der Waals surface area contributed by atoms with E-state index in [1.807, 2.05) is 0 Å². The lowest BCUT2D eigenvalue weighted by Gasteiger charge is -2.55. The predicted molar refractivity (Wildman–Crippen MR) is 71.2 cm³/mol. The Kier molecular flexibility index (Phi) is 3.81. The molecule has 3 heteroatoms. The second-order valence-corrected chi connectivity index (χ2v) is 6.85. The Bertz CT molecular complexity index is 249. The van der Waals surface area contributed by atoms with Crippen LogP contribution in [0.4, 0.5) is 0 Å². The van der Waals surface area contributed by atoms with Gasteiger partial charge in [0.15, 0.2) is 0 Å². The minimum absolute atomic E-state index is 0.346. The average Bonchev–Trinajstić information content (AvgIpc) is 2.14. The van der Waals surface area contributed by atoms with Crippen LogP contribution in [-0.4, -0.2) is 50.8 Å². The van der Waals surface area contributed by atoms with Crippen LogP contribution in [0.3, 0.4) is 0 Å². The summed E-state index contributed by atoms with van der Waals surface area (Å²) < 4.78 is 5.54. The average molecular weight is 240 g/mol. The van der Waals surface area contributed by atoms with Gasteiger partial charge in [0.05, 0.1) is 13.2 Å². The quantitative estimate of drug-likeness (QED) is 0.811. The Hall–Kier alpha value is -0.120. The highest BCUT2D eigenvalue weighted by molar-refractivity contribution is 4.99. The van der Waals surface area contributed by atoms with Crippen molar-refractivity contribution in [2.24, 2.45) is 16.7 Å². The first-order valence-electron chi connectivity index (χ1n) is 6.96. The van der Waals surface area contributed by atoms with Crippen LogP contribution < -0.4 is 5.32 Å². The smallest absolute Gasteiger partial charge is 0.0552 e. The summed E-state index contributed by atoms with van der Waals surface area (Å²) in [6.07, 6.45) is 0. The Labute approximate surface area is 106 Å². The lowest BCUT2D eigenvalue weighted by molar-refractivity contribution is -0.201. The largest absolute Gasteiger partial charge is 0.380 e. The molecule has 0 spiro atoms. The second-order valence-electron chi connectivity index (χ2n) is 6.85. The molecule has 17 heavy (non-hydrogen) atoms. The molecule has 0 aliphatic carbocycles. The molecule has 0 bridgehead atoms. The lowest BCUT2D eigenvalue weighted by Crippen LogP contribution is -2.59. The van der Waals surface area contributed by atoms with Crippen molar-refractivity contribution < 1.29 is 4.74 Å². The highest BCUT2D eigenvalue weighted by Gasteiger charge is 2.52. The summed E-state index contributed by atoms with van der Waals surface area (Å²) in [5.41, 5.74) is 0.733. The molecule has 0 aromatic heterocycles. The molecule has 2 saturated heterocycles. The zero-order chi connectivity index (χ0) is 12.5. The maximum Gasteiger partial charge on any atom is 0.0552 e. The Morgan fingerprint density at radius 1 is 1.24 bits per heavy atom. The fourth-order valence-electron chi connectivity index (χ4n) is 3.23. The van der Waals surface area contributed by atoms with E-state index in [1.165, 1.54) is 19.6 Å². The second kappa shape index (κ2) is 4.87. The number of hydrogen-bond acceptors (Lipinski definition) is 3. The monoisotopic (exact) mass is 240 g/mol.